The molecule has 1 aliphatic carbocycles. The van der Waals surface area contributed by atoms with E-state index in [-0.39, 0.29) is 41.8 Å². The first-order valence-corrected chi connectivity index (χ1v) is 12.8. The summed E-state index contributed by atoms with van der Waals surface area (Å²) < 4.78 is 20.3. The van der Waals surface area contributed by atoms with Crippen LogP contribution in [0.5, 0.6) is 5.75 Å². The van der Waals surface area contributed by atoms with Crippen LogP contribution in [0.3, 0.4) is 0 Å². The van der Waals surface area contributed by atoms with Crippen molar-refractivity contribution in [3.63, 3.8) is 0 Å². The third-order valence-corrected chi connectivity index (χ3v) is 7.76. The van der Waals surface area contributed by atoms with Gasteiger partial charge in [-0.3, -0.25) is 14.4 Å². The summed E-state index contributed by atoms with van der Waals surface area (Å²) in [4.78, 5) is 36.9. The van der Waals surface area contributed by atoms with Gasteiger partial charge in [0.2, 0.25) is 5.91 Å². The highest BCUT2D eigenvalue weighted by Crippen LogP contribution is 2.38. The van der Waals surface area contributed by atoms with Crippen molar-refractivity contribution in [2.24, 2.45) is 5.92 Å². The van der Waals surface area contributed by atoms with Crippen LogP contribution in [-0.2, 0) is 16.0 Å². The number of rotatable bonds is 8. The molecule has 0 radical (unpaired) electrons. The SMILES string of the molecule is O=C(NCCNC(=O)C1Cc2cc(Cl)ccc2S1)c1ccc(O[C@H]2CC[C@@H](C(=O)O)CC2)cc1F. The van der Waals surface area contributed by atoms with Crippen LogP contribution in [0, 0.1) is 11.7 Å². The summed E-state index contributed by atoms with van der Waals surface area (Å²) >= 11 is 7.49. The lowest BCUT2D eigenvalue weighted by Gasteiger charge is -2.26. The van der Waals surface area contributed by atoms with E-state index < -0.39 is 17.7 Å². The van der Waals surface area contributed by atoms with E-state index in [4.69, 9.17) is 21.4 Å². The fraction of sp³-hybridized carbons (Fsp3) is 0.400. The molecule has 0 spiro atoms. The summed E-state index contributed by atoms with van der Waals surface area (Å²) in [6, 6.07) is 9.63. The van der Waals surface area contributed by atoms with Crippen molar-refractivity contribution in [1.29, 1.82) is 0 Å². The standard InChI is InChI=1S/C25H26ClFN2O5S/c26-16-3-8-21-15(11-16)12-22(35-21)24(31)29-10-9-28-23(30)19-7-6-18(13-20(19)27)34-17-4-1-14(2-5-17)25(32)33/h3,6-8,11,13-14,17,22H,1-2,4-5,9-10,12H2,(H,28,30)(H,29,31)(H,32,33)/t14-,17+,22?. The van der Waals surface area contributed by atoms with Crippen LogP contribution in [0.2, 0.25) is 5.02 Å². The molecule has 4 rings (SSSR count). The molecule has 0 bridgehead atoms. The lowest BCUT2D eigenvalue weighted by Crippen LogP contribution is -2.38. The topological polar surface area (TPSA) is 105 Å². The fourth-order valence-electron chi connectivity index (χ4n) is 4.31. The van der Waals surface area contributed by atoms with E-state index in [9.17, 15) is 18.8 Å². The van der Waals surface area contributed by atoms with Crippen molar-refractivity contribution < 1.29 is 28.6 Å². The molecule has 2 aliphatic rings. The fourth-order valence-corrected chi connectivity index (χ4v) is 5.70. The molecular weight excluding hydrogens is 495 g/mol. The largest absolute Gasteiger partial charge is 0.490 e. The number of carboxylic acids is 1. The number of thioether (sulfide) groups is 1. The Bertz CT molecular complexity index is 1120. The Morgan fingerprint density at radius 3 is 2.51 bits per heavy atom. The average molecular weight is 521 g/mol. The van der Waals surface area contributed by atoms with Gasteiger partial charge in [0.05, 0.1) is 22.8 Å². The molecule has 2 amide bonds. The quantitative estimate of drug-likeness (QED) is 0.453. The monoisotopic (exact) mass is 520 g/mol. The van der Waals surface area contributed by atoms with Gasteiger partial charge in [-0.1, -0.05) is 11.6 Å². The van der Waals surface area contributed by atoms with Crippen LogP contribution in [-0.4, -0.2) is 47.3 Å². The van der Waals surface area contributed by atoms with Gasteiger partial charge in [0, 0.05) is 29.1 Å². The third kappa shape index (κ3) is 6.46. The number of ether oxygens (including phenoxy) is 1. The van der Waals surface area contributed by atoms with E-state index in [1.165, 1.54) is 30.0 Å². The van der Waals surface area contributed by atoms with Gasteiger partial charge in [0.15, 0.2) is 0 Å². The normalized spacial score (nSPS) is 21.1. The molecule has 7 nitrogen and oxygen atoms in total. The Labute approximate surface area is 211 Å². The van der Waals surface area contributed by atoms with Crippen LogP contribution in [0.25, 0.3) is 0 Å². The maximum atomic E-state index is 14.5. The molecule has 0 saturated heterocycles. The van der Waals surface area contributed by atoms with Crippen LogP contribution in [0.1, 0.15) is 41.6 Å². The number of amides is 2. The number of benzene rings is 2. The molecule has 10 heteroatoms. The molecule has 1 heterocycles. The van der Waals surface area contributed by atoms with Gasteiger partial charge in [-0.25, -0.2) is 4.39 Å². The highest BCUT2D eigenvalue weighted by Gasteiger charge is 2.29. The minimum atomic E-state index is -0.794. The second-order valence-corrected chi connectivity index (χ2v) is 10.4. The summed E-state index contributed by atoms with van der Waals surface area (Å²) in [5.74, 6) is -2.25. The van der Waals surface area contributed by atoms with Crippen molar-refractivity contribution in [3.05, 3.63) is 58.4 Å². The van der Waals surface area contributed by atoms with E-state index in [1.807, 2.05) is 12.1 Å². The summed E-state index contributed by atoms with van der Waals surface area (Å²) in [5, 5.41) is 14.9. The van der Waals surface area contributed by atoms with Gasteiger partial charge in [0.25, 0.3) is 5.91 Å². The minimum absolute atomic E-state index is 0.114. The van der Waals surface area contributed by atoms with E-state index in [0.29, 0.717) is 42.9 Å². The summed E-state index contributed by atoms with van der Waals surface area (Å²) in [6.07, 6.45) is 2.66. The summed E-state index contributed by atoms with van der Waals surface area (Å²) in [5.41, 5.74) is 0.934. The molecule has 1 atom stereocenters. The van der Waals surface area contributed by atoms with Gasteiger partial charge in [-0.05, 0) is 68.0 Å². The number of carboxylic acid groups (broad SMARTS) is 1. The molecule has 2 aromatic rings. The maximum Gasteiger partial charge on any atom is 0.306 e. The highest BCUT2D eigenvalue weighted by molar-refractivity contribution is 8.01. The van der Waals surface area contributed by atoms with E-state index in [2.05, 4.69) is 10.6 Å². The lowest BCUT2D eigenvalue weighted by molar-refractivity contribution is -0.143. The van der Waals surface area contributed by atoms with Gasteiger partial charge < -0.3 is 20.5 Å². The number of nitrogens with one attached hydrogen (secondary N) is 2. The molecule has 1 fully saturated rings. The molecular formula is C25H26ClFN2O5S. The predicted molar refractivity (Wildman–Crippen MR) is 131 cm³/mol. The van der Waals surface area contributed by atoms with Gasteiger partial charge >= 0.3 is 5.97 Å². The molecule has 35 heavy (non-hydrogen) atoms. The number of fused-ring (bicyclic) bond motifs is 1. The zero-order valence-electron chi connectivity index (χ0n) is 18.9. The molecule has 1 saturated carbocycles. The number of hydrogen-bond donors (Lipinski definition) is 3. The molecule has 3 N–H and O–H groups in total. The van der Waals surface area contributed by atoms with E-state index in [0.717, 1.165) is 10.5 Å². The van der Waals surface area contributed by atoms with E-state index >= 15 is 0 Å². The Hall–Kier alpha value is -2.78. The predicted octanol–water partition coefficient (Wildman–Crippen LogP) is 4.06. The second-order valence-electron chi connectivity index (χ2n) is 8.68. The summed E-state index contributed by atoms with van der Waals surface area (Å²) in [6.45, 7) is 0.381. The molecule has 1 unspecified atom stereocenters. The Morgan fingerprint density at radius 2 is 1.80 bits per heavy atom. The van der Waals surface area contributed by atoms with Gasteiger partial charge in [-0.15, -0.1) is 11.8 Å². The number of hydrogen-bond acceptors (Lipinski definition) is 5. The zero-order chi connectivity index (χ0) is 24.9. The number of carbonyl (C=O) groups is 3. The van der Waals surface area contributed by atoms with Crippen LogP contribution in [0.4, 0.5) is 4.39 Å². The van der Waals surface area contributed by atoms with Crippen LogP contribution in [0.15, 0.2) is 41.3 Å². The van der Waals surface area contributed by atoms with Crippen molar-refractivity contribution >= 4 is 41.1 Å². The first kappa shape index (κ1) is 25.3. The average Bonchev–Trinajstić information content (AvgIpc) is 3.25. The first-order valence-electron chi connectivity index (χ1n) is 11.5. The van der Waals surface area contributed by atoms with Gasteiger partial charge in [-0.2, -0.15) is 0 Å². The Kier molecular flexibility index (Phi) is 8.18. The second kappa shape index (κ2) is 11.3. The van der Waals surface area contributed by atoms with Crippen molar-refractivity contribution in [3.8, 4) is 5.75 Å². The Balaban J connectivity index is 1.19. The van der Waals surface area contributed by atoms with Crippen molar-refractivity contribution in [2.75, 3.05) is 13.1 Å². The molecule has 2 aromatic carbocycles. The maximum absolute atomic E-state index is 14.5. The zero-order valence-corrected chi connectivity index (χ0v) is 20.5. The van der Waals surface area contributed by atoms with E-state index in [1.54, 1.807) is 6.07 Å². The van der Waals surface area contributed by atoms with Crippen molar-refractivity contribution in [2.45, 2.75) is 48.4 Å². The first-order chi connectivity index (χ1) is 16.8. The van der Waals surface area contributed by atoms with Crippen LogP contribution >= 0.6 is 23.4 Å². The van der Waals surface area contributed by atoms with Crippen molar-refractivity contribution in [1.82, 2.24) is 10.6 Å². The third-order valence-electron chi connectivity index (χ3n) is 6.21. The number of aliphatic carboxylic acids is 1. The molecule has 1 aliphatic heterocycles. The number of carbonyl (C=O) groups excluding carboxylic acids is 2. The number of halogens is 2. The molecule has 0 aromatic heterocycles. The minimum Gasteiger partial charge on any atom is -0.490 e. The Morgan fingerprint density at radius 1 is 1.06 bits per heavy atom. The van der Waals surface area contributed by atoms with Crippen LogP contribution < -0.4 is 15.4 Å². The smallest absolute Gasteiger partial charge is 0.306 e. The lowest BCUT2D eigenvalue weighted by atomic mass is 9.87. The molecule has 186 valence electrons. The van der Waals surface area contributed by atoms with Gasteiger partial charge in [0.1, 0.15) is 11.6 Å². The highest BCUT2D eigenvalue weighted by atomic mass is 35.5. The summed E-state index contributed by atoms with van der Waals surface area (Å²) in [7, 11) is 0.